The third-order valence-corrected chi connectivity index (χ3v) is 5.16. The molecule has 1 aliphatic rings. The summed E-state index contributed by atoms with van der Waals surface area (Å²) in [5, 5.41) is 2.94. The Kier molecular flexibility index (Phi) is 7.93. The molecule has 1 fully saturated rings. The van der Waals surface area contributed by atoms with Gasteiger partial charge in [-0.25, -0.2) is 0 Å². The summed E-state index contributed by atoms with van der Waals surface area (Å²) in [5.41, 5.74) is 1.92. The van der Waals surface area contributed by atoms with Crippen LogP contribution in [-0.2, 0) is 11.3 Å². The van der Waals surface area contributed by atoms with E-state index in [1.165, 1.54) is 5.56 Å². The van der Waals surface area contributed by atoms with Gasteiger partial charge in [0.2, 0.25) is 5.91 Å². The predicted octanol–water partition coefficient (Wildman–Crippen LogP) is 2.86. The number of carbonyl (C=O) groups excluding carboxylic acids is 1. The van der Waals surface area contributed by atoms with Gasteiger partial charge in [-0.05, 0) is 36.8 Å². The molecule has 1 N–H and O–H groups in total. The molecular weight excluding hydrogens is 382 g/mol. The lowest BCUT2D eigenvalue weighted by atomic mass is 10.2. The Morgan fingerprint density at radius 3 is 2.23 bits per heavy atom. The molecule has 7 nitrogen and oxygen atoms in total. The van der Waals surface area contributed by atoms with Gasteiger partial charge >= 0.3 is 0 Å². The molecule has 30 heavy (non-hydrogen) atoms. The summed E-state index contributed by atoms with van der Waals surface area (Å²) < 4.78 is 16.0. The topological polar surface area (TPSA) is 63.3 Å². The van der Waals surface area contributed by atoms with Gasteiger partial charge in [0.1, 0.15) is 17.2 Å². The molecule has 0 unspecified atom stereocenters. The van der Waals surface area contributed by atoms with Crippen LogP contribution in [0.3, 0.4) is 0 Å². The van der Waals surface area contributed by atoms with Crippen molar-refractivity contribution in [3.8, 4) is 17.2 Å². The van der Waals surface area contributed by atoms with E-state index in [2.05, 4.69) is 27.2 Å². The van der Waals surface area contributed by atoms with Crippen LogP contribution in [0.2, 0.25) is 0 Å². The van der Waals surface area contributed by atoms with Gasteiger partial charge < -0.3 is 19.5 Å². The van der Waals surface area contributed by atoms with Crippen molar-refractivity contribution in [2.24, 2.45) is 0 Å². The molecule has 162 valence electrons. The number of hydrogen-bond donors (Lipinski definition) is 1. The molecule has 1 amide bonds. The maximum atomic E-state index is 12.5. The number of benzene rings is 2. The number of rotatable bonds is 9. The molecule has 1 heterocycles. The Labute approximate surface area is 178 Å². The first-order valence-electron chi connectivity index (χ1n) is 10.3. The zero-order valence-electron chi connectivity index (χ0n) is 18.0. The smallest absolute Gasteiger partial charge is 0.238 e. The van der Waals surface area contributed by atoms with Crippen molar-refractivity contribution in [1.82, 2.24) is 9.80 Å². The van der Waals surface area contributed by atoms with Gasteiger partial charge in [-0.15, -0.1) is 0 Å². The first-order valence-corrected chi connectivity index (χ1v) is 10.3. The quantitative estimate of drug-likeness (QED) is 0.682. The summed E-state index contributed by atoms with van der Waals surface area (Å²) >= 11 is 0. The number of carbonyl (C=O) groups is 1. The van der Waals surface area contributed by atoms with E-state index in [1.54, 1.807) is 32.4 Å². The van der Waals surface area contributed by atoms with Gasteiger partial charge in [-0.2, -0.15) is 0 Å². The van der Waals surface area contributed by atoms with Crippen LogP contribution in [0.25, 0.3) is 0 Å². The van der Waals surface area contributed by atoms with Crippen molar-refractivity contribution in [2.75, 3.05) is 58.9 Å². The van der Waals surface area contributed by atoms with E-state index in [1.807, 2.05) is 19.1 Å². The Bertz CT molecular complexity index is 818. The molecule has 1 saturated heterocycles. The average Bonchev–Trinajstić information content (AvgIpc) is 2.77. The summed E-state index contributed by atoms with van der Waals surface area (Å²) in [5.74, 6) is 2.14. The van der Waals surface area contributed by atoms with Crippen LogP contribution in [0.1, 0.15) is 12.5 Å². The van der Waals surface area contributed by atoms with Crippen molar-refractivity contribution >= 4 is 11.6 Å². The second-order valence-electron chi connectivity index (χ2n) is 7.24. The molecule has 0 bridgehead atoms. The molecule has 0 aromatic heterocycles. The van der Waals surface area contributed by atoms with Crippen LogP contribution in [0.5, 0.6) is 17.2 Å². The van der Waals surface area contributed by atoms with Crippen LogP contribution in [0.4, 0.5) is 5.69 Å². The molecule has 0 saturated carbocycles. The van der Waals surface area contributed by atoms with Gasteiger partial charge in [0, 0.05) is 38.8 Å². The first kappa shape index (κ1) is 21.9. The number of nitrogens with one attached hydrogen (secondary N) is 1. The highest BCUT2D eigenvalue weighted by Gasteiger charge is 2.19. The Hall–Kier alpha value is -2.77. The Balaban J connectivity index is 1.44. The fraction of sp³-hybridized carbons (Fsp3) is 0.435. The largest absolute Gasteiger partial charge is 0.497 e. The van der Waals surface area contributed by atoms with Crippen LogP contribution in [-0.4, -0.2) is 69.3 Å². The molecular formula is C23H31N3O4. The molecule has 0 spiro atoms. The fourth-order valence-corrected chi connectivity index (χ4v) is 3.52. The third kappa shape index (κ3) is 6.11. The summed E-state index contributed by atoms with van der Waals surface area (Å²) in [6.07, 6.45) is 0. The normalized spacial score (nSPS) is 14.9. The number of amides is 1. The van der Waals surface area contributed by atoms with Gasteiger partial charge in [-0.3, -0.25) is 14.6 Å². The van der Waals surface area contributed by atoms with E-state index in [0.717, 1.165) is 38.5 Å². The molecule has 0 aliphatic carbocycles. The van der Waals surface area contributed by atoms with Crippen molar-refractivity contribution in [1.29, 1.82) is 0 Å². The van der Waals surface area contributed by atoms with E-state index < -0.39 is 0 Å². The third-order valence-electron chi connectivity index (χ3n) is 5.16. The predicted molar refractivity (Wildman–Crippen MR) is 118 cm³/mol. The lowest BCUT2D eigenvalue weighted by Gasteiger charge is -2.34. The van der Waals surface area contributed by atoms with Crippen LogP contribution >= 0.6 is 0 Å². The van der Waals surface area contributed by atoms with Crippen molar-refractivity contribution in [3.63, 3.8) is 0 Å². The highest BCUT2D eigenvalue weighted by atomic mass is 16.5. The number of nitrogens with zero attached hydrogens (tertiary/aromatic N) is 2. The molecule has 7 heteroatoms. The maximum Gasteiger partial charge on any atom is 0.238 e. The molecule has 1 aliphatic heterocycles. The van der Waals surface area contributed by atoms with Gasteiger partial charge in [0.05, 0.1) is 33.1 Å². The lowest BCUT2D eigenvalue weighted by Crippen LogP contribution is -2.48. The van der Waals surface area contributed by atoms with E-state index in [4.69, 9.17) is 14.2 Å². The fourth-order valence-electron chi connectivity index (χ4n) is 3.52. The zero-order valence-corrected chi connectivity index (χ0v) is 18.0. The number of ether oxygens (including phenoxy) is 3. The molecule has 0 radical (unpaired) electrons. The summed E-state index contributed by atoms with van der Waals surface area (Å²) in [6, 6.07) is 13.6. The summed E-state index contributed by atoms with van der Waals surface area (Å²) in [4.78, 5) is 17.1. The van der Waals surface area contributed by atoms with E-state index >= 15 is 0 Å². The van der Waals surface area contributed by atoms with Crippen LogP contribution in [0.15, 0.2) is 42.5 Å². The van der Waals surface area contributed by atoms with Crippen molar-refractivity contribution in [3.05, 3.63) is 48.0 Å². The van der Waals surface area contributed by atoms with Crippen molar-refractivity contribution < 1.29 is 19.0 Å². The number of methoxy groups -OCH3 is 2. The second kappa shape index (κ2) is 10.8. The monoisotopic (exact) mass is 413 g/mol. The van der Waals surface area contributed by atoms with Crippen LogP contribution < -0.4 is 19.5 Å². The summed E-state index contributed by atoms with van der Waals surface area (Å²) in [6.45, 7) is 7.55. The molecule has 2 aromatic carbocycles. The summed E-state index contributed by atoms with van der Waals surface area (Å²) in [7, 11) is 3.18. The Morgan fingerprint density at radius 2 is 1.60 bits per heavy atom. The number of hydrogen-bond acceptors (Lipinski definition) is 6. The van der Waals surface area contributed by atoms with E-state index in [0.29, 0.717) is 30.3 Å². The molecule has 3 rings (SSSR count). The minimum Gasteiger partial charge on any atom is -0.497 e. The number of anilines is 1. The highest BCUT2D eigenvalue weighted by molar-refractivity contribution is 5.93. The van der Waals surface area contributed by atoms with E-state index in [9.17, 15) is 4.79 Å². The van der Waals surface area contributed by atoms with Crippen LogP contribution in [0, 0.1) is 0 Å². The zero-order chi connectivity index (χ0) is 21.3. The molecule has 2 aromatic rings. The second-order valence-corrected chi connectivity index (χ2v) is 7.24. The lowest BCUT2D eigenvalue weighted by molar-refractivity contribution is -0.117. The van der Waals surface area contributed by atoms with Gasteiger partial charge in [0.15, 0.2) is 0 Å². The average molecular weight is 414 g/mol. The van der Waals surface area contributed by atoms with E-state index in [-0.39, 0.29) is 5.91 Å². The minimum atomic E-state index is -0.0431. The maximum absolute atomic E-state index is 12.5. The number of piperazine rings is 1. The van der Waals surface area contributed by atoms with Crippen molar-refractivity contribution in [2.45, 2.75) is 13.5 Å². The minimum absolute atomic E-state index is 0.0431. The SMILES string of the molecule is CCOc1ccc(CN2CCN(CC(=O)Nc3ccc(OC)cc3OC)CC2)cc1. The highest BCUT2D eigenvalue weighted by Crippen LogP contribution is 2.29. The standard InChI is InChI=1S/C23H31N3O4/c1-4-30-19-7-5-18(6-8-19)16-25-11-13-26(14-12-25)17-23(27)24-21-10-9-20(28-2)15-22(21)29-3/h5-10,15H,4,11-14,16-17H2,1-3H3,(H,24,27). The first-order chi connectivity index (χ1) is 14.6. The van der Waals surface area contributed by atoms with Gasteiger partial charge in [0.25, 0.3) is 0 Å². The van der Waals surface area contributed by atoms with Gasteiger partial charge in [-0.1, -0.05) is 12.1 Å². The Morgan fingerprint density at radius 1 is 0.933 bits per heavy atom. The molecule has 0 atom stereocenters.